The zero-order valence-corrected chi connectivity index (χ0v) is 12.1. The highest BCUT2D eigenvalue weighted by Crippen LogP contribution is 2.14. The molecule has 0 aromatic heterocycles. The van der Waals surface area contributed by atoms with Gasteiger partial charge in [-0.05, 0) is 48.0 Å². The summed E-state index contributed by atoms with van der Waals surface area (Å²) in [7, 11) is 1.60. The number of ketones is 1. The normalized spacial score (nSPS) is 10.6. The first kappa shape index (κ1) is 13.6. The summed E-state index contributed by atoms with van der Waals surface area (Å²) in [5.74, 6) is 0.721. The molecule has 0 saturated carbocycles. The molecule has 2 aromatic carbocycles. The van der Waals surface area contributed by atoms with Crippen molar-refractivity contribution in [2.75, 3.05) is 7.11 Å². The van der Waals surface area contributed by atoms with Crippen LogP contribution in [0.2, 0.25) is 0 Å². The van der Waals surface area contributed by atoms with E-state index in [0.717, 1.165) is 15.8 Å². The van der Waals surface area contributed by atoms with E-state index in [-0.39, 0.29) is 5.78 Å². The van der Waals surface area contributed by atoms with Crippen LogP contribution in [0.3, 0.4) is 0 Å². The minimum absolute atomic E-state index is 0.0226. The van der Waals surface area contributed by atoms with Crippen LogP contribution >= 0.6 is 15.9 Å². The maximum atomic E-state index is 11.9. The van der Waals surface area contributed by atoms with Crippen molar-refractivity contribution >= 4 is 27.8 Å². The Labute approximate surface area is 120 Å². The molecule has 0 amide bonds. The molecule has 2 aromatic rings. The second kappa shape index (κ2) is 6.34. The van der Waals surface area contributed by atoms with Gasteiger partial charge in [-0.1, -0.05) is 34.1 Å². The molecular weight excluding hydrogens is 304 g/mol. The van der Waals surface area contributed by atoms with Crippen molar-refractivity contribution in [2.24, 2.45) is 0 Å². The molecule has 2 nitrogen and oxygen atoms in total. The fourth-order valence-electron chi connectivity index (χ4n) is 1.60. The average molecular weight is 317 g/mol. The van der Waals surface area contributed by atoms with E-state index in [0.29, 0.717) is 5.56 Å². The molecule has 0 spiro atoms. The lowest BCUT2D eigenvalue weighted by Crippen LogP contribution is -1.94. The van der Waals surface area contributed by atoms with E-state index in [1.54, 1.807) is 43.5 Å². The van der Waals surface area contributed by atoms with Gasteiger partial charge in [0.2, 0.25) is 0 Å². The molecule has 0 aliphatic carbocycles. The van der Waals surface area contributed by atoms with Crippen molar-refractivity contribution in [1.82, 2.24) is 0 Å². The molecule has 0 unspecified atom stereocenters. The molecule has 0 fully saturated rings. The lowest BCUT2D eigenvalue weighted by atomic mass is 10.1. The van der Waals surface area contributed by atoms with Crippen LogP contribution in [0.15, 0.2) is 59.1 Å². The molecule has 0 saturated heterocycles. The van der Waals surface area contributed by atoms with Crippen molar-refractivity contribution in [3.63, 3.8) is 0 Å². The van der Waals surface area contributed by atoms with Crippen LogP contribution in [0.25, 0.3) is 6.08 Å². The smallest absolute Gasteiger partial charge is 0.185 e. The molecule has 0 N–H and O–H groups in total. The van der Waals surface area contributed by atoms with Crippen LogP contribution in [-0.2, 0) is 0 Å². The first-order valence-electron chi connectivity index (χ1n) is 5.81. The van der Waals surface area contributed by atoms with E-state index in [1.165, 1.54) is 0 Å². The van der Waals surface area contributed by atoms with Crippen LogP contribution in [0.1, 0.15) is 15.9 Å². The van der Waals surface area contributed by atoms with Crippen molar-refractivity contribution in [1.29, 1.82) is 0 Å². The summed E-state index contributed by atoms with van der Waals surface area (Å²) in [5, 5.41) is 0. The molecule has 96 valence electrons. The van der Waals surface area contributed by atoms with Crippen LogP contribution in [0.4, 0.5) is 0 Å². The first-order chi connectivity index (χ1) is 9.19. The van der Waals surface area contributed by atoms with Crippen molar-refractivity contribution < 1.29 is 9.53 Å². The first-order valence-corrected chi connectivity index (χ1v) is 6.60. The summed E-state index contributed by atoms with van der Waals surface area (Å²) in [5.41, 5.74) is 1.64. The van der Waals surface area contributed by atoms with E-state index in [4.69, 9.17) is 4.74 Å². The Balaban J connectivity index is 2.09. The highest BCUT2D eigenvalue weighted by molar-refractivity contribution is 9.10. The van der Waals surface area contributed by atoms with Gasteiger partial charge in [0.15, 0.2) is 5.78 Å². The van der Waals surface area contributed by atoms with Gasteiger partial charge in [0, 0.05) is 10.0 Å². The fourth-order valence-corrected chi connectivity index (χ4v) is 1.86. The summed E-state index contributed by atoms with van der Waals surface area (Å²) in [6.45, 7) is 0. The van der Waals surface area contributed by atoms with E-state index >= 15 is 0 Å². The molecule has 3 heteroatoms. The second-order valence-electron chi connectivity index (χ2n) is 3.98. The summed E-state index contributed by atoms with van der Waals surface area (Å²) in [6.07, 6.45) is 3.38. The quantitative estimate of drug-likeness (QED) is 0.619. The van der Waals surface area contributed by atoms with Gasteiger partial charge >= 0.3 is 0 Å². The number of benzene rings is 2. The predicted octanol–water partition coefficient (Wildman–Crippen LogP) is 4.35. The third-order valence-electron chi connectivity index (χ3n) is 2.67. The van der Waals surface area contributed by atoms with Crippen molar-refractivity contribution in [3.05, 3.63) is 70.2 Å². The molecule has 19 heavy (non-hydrogen) atoms. The zero-order valence-electron chi connectivity index (χ0n) is 10.5. The van der Waals surface area contributed by atoms with Gasteiger partial charge < -0.3 is 4.74 Å². The van der Waals surface area contributed by atoms with Gasteiger partial charge in [0.05, 0.1) is 7.11 Å². The molecule has 0 atom stereocenters. The monoisotopic (exact) mass is 316 g/mol. The average Bonchev–Trinajstić information content (AvgIpc) is 2.46. The number of carbonyl (C=O) groups excluding carboxylic acids is 1. The number of rotatable bonds is 4. The molecular formula is C16H13BrO2. The standard InChI is InChI=1S/C16H13BrO2/c1-19-15-9-5-13(6-10-15)16(18)11-4-12-2-7-14(17)8-3-12/h2-11H,1H3/b11-4+. The van der Waals surface area contributed by atoms with E-state index in [1.807, 2.05) is 24.3 Å². The van der Waals surface area contributed by atoms with Crippen LogP contribution in [0.5, 0.6) is 5.75 Å². The predicted molar refractivity (Wildman–Crippen MR) is 80.5 cm³/mol. The molecule has 0 aliphatic heterocycles. The van der Waals surface area contributed by atoms with Gasteiger partial charge in [0.1, 0.15) is 5.75 Å². The van der Waals surface area contributed by atoms with Crippen molar-refractivity contribution in [3.8, 4) is 5.75 Å². The Hall–Kier alpha value is -1.87. The largest absolute Gasteiger partial charge is 0.497 e. The highest BCUT2D eigenvalue weighted by Gasteiger charge is 2.01. The van der Waals surface area contributed by atoms with Gasteiger partial charge in [-0.25, -0.2) is 0 Å². The number of ether oxygens (including phenoxy) is 1. The summed E-state index contributed by atoms with van der Waals surface area (Å²) in [6, 6.07) is 14.8. The number of hydrogen-bond acceptors (Lipinski definition) is 2. The van der Waals surface area contributed by atoms with Gasteiger partial charge in [-0.2, -0.15) is 0 Å². The molecule has 0 heterocycles. The molecule has 0 bridgehead atoms. The Morgan fingerprint density at radius 3 is 2.26 bits per heavy atom. The van der Waals surface area contributed by atoms with Crippen molar-refractivity contribution in [2.45, 2.75) is 0 Å². The summed E-state index contributed by atoms with van der Waals surface area (Å²) >= 11 is 3.37. The molecule has 2 rings (SSSR count). The molecule has 0 radical (unpaired) electrons. The number of hydrogen-bond donors (Lipinski definition) is 0. The Bertz CT molecular complexity index is 583. The Morgan fingerprint density at radius 1 is 1.05 bits per heavy atom. The second-order valence-corrected chi connectivity index (χ2v) is 4.89. The third kappa shape index (κ3) is 3.80. The summed E-state index contributed by atoms with van der Waals surface area (Å²) < 4.78 is 6.08. The molecule has 0 aliphatic rings. The van der Waals surface area contributed by atoms with Gasteiger partial charge in [0.25, 0.3) is 0 Å². The van der Waals surface area contributed by atoms with E-state index in [9.17, 15) is 4.79 Å². The lowest BCUT2D eigenvalue weighted by Gasteiger charge is -2.00. The number of carbonyl (C=O) groups is 1. The maximum Gasteiger partial charge on any atom is 0.185 e. The van der Waals surface area contributed by atoms with Crippen LogP contribution in [0, 0.1) is 0 Å². The topological polar surface area (TPSA) is 26.3 Å². The zero-order chi connectivity index (χ0) is 13.7. The van der Waals surface area contributed by atoms with Crippen LogP contribution in [-0.4, -0.2) is 12.9 Å². The third-order valence-corrected chi connectivity index (χ3v) is 3.20. The van der Waals surface area contributed by atoms with Gasteiger partial charge in [-0.15, -0.1) is 0 Å². The summed E-state index contributed by atoms with van der Waals surface area (Å²) in [4.78, 5) is 11.9. The number of methoxy groups -OCH3 is 1. The maximum absolute atomic E-state index is 11.9. The van der Waals surface area contributed by atoms with E-state index in [2.05, 4.69) is 15.9 Å². The minimum Gasteiger partial charge on any atom is -0.497 e. The number of halogens is 1. The fraction of sp³-hybridized carbons (Fsp3) is 0.0625. The highest BCUT2D eigenvalue weighted by atomic mass is 79.9. The minimum atomic E-state index is -0.0226. The Morgan fingerprint density at radius 2 is 1.68 bits per heavy atom. The van der Waals surface area contributed by atoms with Gasteiger partial charge in [-0.3, -0.25) is 4.79 Å². The van der Waals surface area contributed by atoms with E-state index < -0.39 is 0 Å². The van der Waals surface area contributed by atoms with Crippen LogP contribution < -0.4 is 4.74 Å². The Kier molecular flexibility index (Phi) is 4.53. The lowest BCUT2D eigenvalue weighted by molar-refractivity contribution is 0.104. The SMILES string of the molecule is COc1ccc(C(=O)/C=C/c2ccc(Br)cc2)cc1. The number of allylic oxidation sites excluding steroid dienone is 1.